The molecule has 0 aliphatic carbocycles. The number of ether oxygens (including phenoxy) is 1. The number of carbonyl (C=O) groups is 4. The summed E-state index contributed by atoms with van der Waals surface area (Å²) in [6, 6.07) is 20.7. The molecule has 13 heteroatoms. The Morgan fingerprint density at radius 2 is 1.69 bits per heavy atom. The molecular formula is C35H28N6O7. The van der Waals surface area contributed by atoms with Gasteiger partial charge in [0, 0.05) is 18.8 Å². The molecule has 0 unspecified atom stereocenters. The van der Waals surface area contributed by atoms with Gasteiger partial charge in [-0.25, -0.2) is 19.1 Å². The van der Waals surface area contributed by atoms with E-state index < -0.39 is 29.1 Å². The number of H-pyrrole nitrogens is 1. The van der Waals surface area contributed by atoms with Crippen molar-refractivity contribution >= 4 is 53.2 Å². The quantitative estimate of drug-likeness (QED) is 0.0663. The highest BCUT2D eigenvalue weighted by Gasteiger charge is 2.36. The van der Waals surface area contributed by atoms with Gasteiger partial charge < -0.3 is 15.0 Å². The SMILES string of the molecule is CC(=O)Nc1cccc(-n2c(=O)[nH]cc(C=CC(=CC=C3C(=O)NC(=O)N(c4cccc(COC=N)c4)C3=O)c3ccccc3)c2=O)c1. The Kier molecular flexibility index (Phi) is 9.80. The summed E-state index contributed by atoms with van der Waals surface area (Å²) in [7, 11) is 0. The summed E-state index contributed by atoms with van der Waals surface area (Å²) in [5.74, 6) is -2.06. The molecule has 0 atom stereocenters. The number of nitrogens with zero attached hydrogens (tertiary/aromatic N) is 2. The van der Waals surface area contributed by atoms with E-state index >= 15 is 0 Å². The average molecular weight is 645 g/mol. The first-order valence-electron chi connectivity index (χ1n) is 14.4. The van der Waals surface area contributed by atoms with E-state index in [9.17, 15) is 28.8 Å². The minimum Gasteiger partial charge on any atom is -0.479 e. The third kappa shape index (κ3) is 7.32. The third-order valence-electron chi connectivity index (χ3n) is 7.01. The van der Waals surface area contributed by atoms with Crippen LogP contribution in [0.15, 0.2) is 118 Å². The molecule has 0 bridgehead atoms. The lowest BCUT2D eigenvalue weighted by Gasteiger charge is -2.26. The van der Waals surface area contributed by atoms with Gasteiger partial charge in [0.15, 0.2) is 6.40 Å². The first-order valence-corrected chi connectivity index (χ1v) is 14.4. The van der Waals surface area contributed by atoms with Crippen LogP contribution in [0.3, 0.4) is 0 Å². The fraction of sp³-hybridized carbons (Fsp3) is 0.0571. The van der Waals surface area contributed by atoms with E-state index in [4.69, 9.17) is 10.1 Å². The summed E-state index contributed by atoms with van der Waals surface area (Å²) in [6.07, 6.45) is 7.88. The van der Waals surface area contributed by atoms with Crippen molar-refractivity contribution in [3.05, 3.63) is 146 Å². The van der Waals surface area contributed by atoms with Crippen molar-refractivity contribution in [3.63, 3.8) is 0 Å². The summed E-state index contributed by atoms with van der Waals surface area (Å²) >= 11 is 0. The highest BCUT2D eigenvalue weighted by Crippen LogP contribution is 2.24. The molecule has 1 saturated heterocycles. The van der Waals surface area contributed by atoms with Crippen LogP contribution >= 0.6 is 0 Å². The van der Waals surface area contributed by atoms with E-state index in [2.05, 4.69) is 15.6 Å². The average Bonchev–Trinajstić information content (AvgIpc) is 3.06. The second-order valence-corrected chi connectivity index (χ2v) is 10.3. The Balaban J connectivity index is 1.52. The molecule has 48 heavy (non-hydrogen) atoms. The molecule has 1 aromatic heterocycles. The van der Waals surface area contributed by atoms with E-state index in [0.717, 1.165) is 15.9 Å². The Bertz CT molecular complexity index is 2140. The number of anilines is 2. The number of allylic oxidation sites excluding steroid dienone is 4. The molecule has 1 aliphatic rings. The van der Waals surface area contributed by atoms with Gasteiger partial charge in [-0.2, -0.15) is 0 Å². The third-order valence-corrected chi connectivity index (χ3v) is 7.01. The van der Waals surface area contributed by atoms with Crippen LogP contribution in [0, 0.1) is 5.41 Å². The largest absolute Gasteiger partial charge is 0.479 e. The zero-order valence-electron chi connectivity index (χ0n) is 25.4. The molecule has 0 saturated carbocycles. The summed E-state index contributed by atoms with van der Waals surface area (Å²) in [6.45, 7) is 1.38. The summed E-state index contributed by atoms with van der Waals surface area (Å²) in [5.41, 5.74) is 1.08. The number of rotatable bonds is 10. The lowest BCUT2D eigenvalue weighted by atomic mass is 10.0. The number of hydrogen-bond acceptors (Lipinski definition) is 8. The predicted octanol–water partition coefficient (Wildman–Crippen LogP) is 3.91. The summed E-state index contributed by atoms with van der Waals surface area (Å²) in [4.78, 5) is 80.1. The van der Waals surface area contributed by atoms with Crippen LogP contribution in [-0.2, 0) is 25.7 Å². The fourth-order valence-electron chi connectivity index (χ4n) is 4.83. The normalized spacial score (nSPS) is 14.3. The van der Waals surface area contributed by atoms with Gasteiger partial charge in [0.25, 0.3) is 17.4 Å². The highest BCUT2D eigenvalue weighted by atomic mass is 16.5. The number of urea groups is 1. The highest BCUT2D eigenvalue weighted by molar-refractivity contribution is 6.37. The smallest absolute Gasteiger partial charge is 0.335 e. The standard InChI is InChI=1S/C35H28N6O7/c1-22(42)38-27-10-6-12-29(18-27)40-32(44)26(19-37-34(40)46)14-13-25(24-8-3-2-4-9-24)15-16-30-31(43)39-35(47)41(33(30)45)28-11-5-7-23(17-28)20-48-21-36/h2-19,21,36H,20H2,1H3,(H,37,46)(H,38,42)(H,39,43,47). The maximum Gasteiger partial charge on any atom is 0.335 e. The van der Waals surface area contributed by atoms with Gasteiger partial charge in [0.2, 0.25) is 5.91 Å². The Labute approximate surface area is 273 Å². The van der Waals surface area contributed by atoms with Crippen molar-refractivity contribution in [1.82, 2.24) is 14.9 Å². The number of nitrogens with one attached hydrogen (secondary N) is 4. The molecule has 4 aromatic rings. The lowest BCUT2D eigenvalue weighted by Crippen LogP contribution is -2.54. The molecule has 4 N–H and O–H groups in total. The number of benzene rings is 3. The topological polar surface area (TPSA) is 184 Å². The second-order valence-electron chi connectivity index (χ2n) is 10.3. The van der Waals surface area contributed by atoms with E-state index in [0.29, 0.717) is 22.4 Å². The van der Waals surface area contributed by atoms with Crippen molar-refractivity contribution in [1.29, 1.82) is 5.41 Å². The molecule has 3 aromatic carbocycles. The van der Waals surface area contributed by atoms with Crippen LogP contribution in [0.1, 0.15) is 23.6 Å². The van der Waals surface area contributed by atoms with E-state index in [1.54, 1.807) is 60.7 Å². The number of hydrogen-bond donors (Lipinski definition) is 4. The summed E-state index contributed by atoms with van der Waals surface area (Å²) < 4.78 is 5.91. The molecule has 1 fully saturated rings. The number of barbiturate groups is 1. The lowest BCUT2D eigenvalue weighted by molar-refractivity contribution is -0.122. The van der Waals surface area contributed by atoms with Gasteiger partial charge in [-0.1, -0.05) is 60.7 Å². The number of aromatic amines is 1. The van der Waals surface area contributed by atoms with Gasteiger partial charge in [-0.15, -0.1) is 0 Å². The van der Waals surface area contributed by atoms with Gasteiger partial charge >= 0.3 is 11.7 Å². The molecule has 0 radical (unpaired) electrons. The van der Waals surface area contributed by atoms with E-state index in [1.807, 2.05) is 6.07 Å². The van der Waals surface area contributed by atoms with Crippen LogP contribution in [0.5, 0.6) is 0 Å². The predicted molar refractivity (Wildman–Crippen MR) is 180 cm³/mol. The zero-order chi connectivity index (χ0) is 34.2. The van der Waals surface area contributed by atoms with Crippen molar-refractivity contribution in [2.24, 2.45) is 0 Å². The molecule has 5 rings (SSSR count). The van der Waals surface area contributed by atoms with Crippen LogP contribution in [-0.4, -0.2) is 39.7 Å². The van der Waals surface area contributed by atoms with Crippen LogP contribution in [0.25, 0.3) is 17.3 Å². The molecule has 5 amide bonds. The van der Waals surface area contributed by atoms with E-state index in [1.165, 1.54) is 49.5 Å². The van der Waals surface area contributed by atoms with Crippen LogP contribution in [0.2, 0.25) is 0 Å². The Hall–Kier alpha value is -6.89. The minimum absolute atomic E-state index is 0.0436. The first kappa shape index (κ1) is 32.5. The van der Waals surface area contributed by atoms with Crippen molar-refractivity contribution in [3.8, 4) is 5.69 Å². The monoisotopic (exact) mass is 644 g/mol. The van der Waals surface area contributed by atoms with E-state index in [-0.39, 0.29) is 35.0 Å². The second kappa shape index (κ2) is 14.5. The van der Waals surface area contributed by atoms with Gasteiger partial charge in [0.1, 0.15) is 12.2 Å². The molecule has 240 valence electrons. The molecule has 0 spiro atoms. The minimum atomic E-state index is -0.920. The van der Waals surface area contributed by atoms with Crippen LogP contribution in [0.4, 0.5) is 16.2 Å². The van der Waals surface area contributed by atoms with Gasteiger partial charge in [-0.05, 0) is 59.2 Å². The maximum atomic E-state index is 13.5. The van der Waals surface area contributed by atoms with Crippen molar-refractivity contribution < 1.29 is 23.9 Å². The molecule has 2 heterocycles. The zero-order valence-corrected chi connectivity index (χ0v) is 25.4. The molecule has 13 nitrogen and oxygen atoms in total. The van der Waals surface area contributed by atoms with Gasteiger partial charge in [-0.3, -0.25) is 29.9 Å². The van der Waals surface area contributed by atoms with Crippen molar-refractivity contribution in [2.45, 2.75) is 13.5 Å². The molecule has 1 aliphatic heterocycles. The van der Waals surface area contributed by atoms with Gasteiger partial charge in [0.05, 0.1) is 16.9 Å². The number of carbonyl (C=O) groups excluding carboxylic acids is 4. The Morgan fingerprint density at radius 1 is 0.938 bits per heavy atom. The number of amides is 5. The number of aromatic nitrogens is 2. The fourth-order valence-corrected chi connectivity index (χ4v) is 4.83. The Morgan fingerprint density at radius 3 is 2.44 bits per heavy atom. The summed E-state index contributed by atoms with van der Waals surface area (Å²) in [5, 5.41) is 11.9. The maximum absolute atomic E-state index is 13.5. The molecular weight excluding hydrogens is 616 g/mol. The van der Waals surface area contributed by atoms with Crippen molar-refractivity contribution in [2.75, 3.05) is 10.2 Å². The van der Waals surface area contributed by atoms with Crippen LogP contribution < -0.4 is 26.8 Å². The first-order chi connectivity index (χ1) is 23.2. The number of imide groups is 2.